The monoisotopic (exact) mass is 415 g/mol. The Kier molecular flexibility index (Phi) is 4.73. The number of halogens is 1. The molecule has 2 heterocycles. The number of amides is 1. The number of aromatic nitrogens is 4. The molecule has 0 bridgehead atoms. The summed E-state index contributed by atoms with van der Waals surface area (Å²) in [4.78, 5) is 17.4. The van der Waals surface area contributed by atoms with Gasteiger partial charge in [-0.3, -0.25) is 9.78 Å². The number of pyridine rings is 1. The van der Waals surface area contributed by atoms with Gasteiger partial charge in [-0.1, -0.05) is 42.0 Å². The summed E-state index contributed by atoms with van der Waals surface area (Å²) in [6.45, 7) is 2.31. The first-order valence-corrected chi connectivity index (χ1v) is 10.4. The van der Waals surface area contributed by atoms with Crippen LogP contribution in [0.25, 0.3) is 16.6 Å². The number of rotatable bonds is 5. The number of fused-ring (bicyclic) bond motifs is 1. The summed E-state index contributed by atoms with van der Waals surface area (Å²) in [6, 6.07) is 16.3. The molecule has 156 valence electrons. The summed E-state index contributed by atoms with van der Waals surface area (Å²) in [6.07, 6.45) is 4.76. The van der Waals surface area contributed by atoms with E-state index >= 15 is 0 Å². The highest BCUT2D eigenvalue weighted by molar-refractivity contribution is 5.94. The van der Waals surface area contributed by atoms with E-state index in [2.05, 4.69) is 20.6 Å². The van der Waals surface area contributed by atoms with Crippen LogP contribution in [0.4, 0.5) is 4.39 Å². The zero-order chi connectivity index (χ0) is 21.4. The van der Waals surface area contributed by atoms with Crippen LogP contribution in [0.1, 0.15) is 41.0 Å². The molecular formula is C24H22FN5O. The molecule has 1 aliphatic carbocycles. The quantitative estimate of drug-likeness (QED) is 0.532. The molecule has 1 saturated carbocycles. The number of benzene rings is 2. The lowest BCUT2D eigenvalue weighted by molar-refractivity contribution is 0.0922. The first-order chi connectivity index (χ1) is 15.1. The van der Waals surface area contributed by atoms with Gasteiger partial charge in [0.05, 0.1) is 16.9 Å². The predicted molar refractivity (Wildman–Crippen MR) is 116 cm³/mol. The number of hydrogen-bond acceptors (Lipinski definition) is 4. The van der Waals surface area contributed by atoms with E-state index < -0.39 is 0 Å². The molecular weight excluding hydrogens is 393 g/mol. The summed E-state index contributed by atoms with van der Waals surface area (Å²) in [5.74, 6) is -0.511. The molecule has 1 N–H and O–H groups in total. The van der Waals surface area contributed by atoms with E-state index in [1.165, 1.54) is 12.1 Å². The largest absolute Gasteiger partial charge is 0.350 e. The highest BCUT2D eigenvalue weighted by Crippen LogP contribution is 2.43. The summed E-state index contributed by atoms with van der Waals surface area (Å²) in [7, 11) is 0. The van der Waals surface area contributed by atoms with Crippen molar-refractivity contribution in [2.75, 3.05) is 6.54 Å². The lowest BCUT2D eigenvalue weighted by atomic mass is 9.64. The lowest BCUT2D eigenvalue weighted by Crippen LogP contribution is -2.45. The zero-order valence-corrected chi connectivity index (χ0v) is 17.2. The van der Waals surface area contributed by atoms with E-state index in [1.807, 2.05) is 49.4 Å². The average molecular weight is 415 g/mol. The van der Waals surface area contributed by atoms with Gasteiger partial charge in [-0.15, -0.1) is 5.10 Å². The highest BCUT2D eigenvalue weighted by atomic mass is 19.1. The first kappa shape index (κ1) is 19.4. The lowest BCUT2D eigenvalue weighted by Gasteiger charge is -2.42. The van der Waals surface area contributed by atoms with Crippen molar-refractivity contribution in [3.8, 4) is 5.69 Å². The van der Waals surface area contributed by atoms with E-state index in [0.717, 1.165) is 41.4 Å². The maximum absolute atomic E-state index is 13.3. The van der Waals surface area contributed by atoms with Gasteiger partial charge in [0.15, 0.2) is 5.69 Å². The minimum Gasteiger partial charge on any atom is -0.350 e. The second-order valence-corrected chi connectivity index (χ2v) is 8.11. The van der Waals surface area contributed by atoms with Crippen LogP contribution in [0.5, 0.6) is 0 Å². The van der Waals surface area contributed by atoms with Crippen LogP contribution in [0.2, 0.25) is 0 Å². The van der Waals surface area contributed by atoms with Crippen LogP contribution in [0.3, 0.4) is 0 Å². The minimum absolute atomic E-state index is 0.146. The molecule has 1 aliphatic rings. The molecule has 0 atom stereocenters. The fraction of sp³-hybridized carbons (Fsp3) is 0.250. The van der Waals surface area contributed by atoms with Crippen LogP contribution in [-0.4, -0.2) is 32.4 Å². The van der Waals surface area contributed by atoms with Gasteiger partial charge >= 0.3 is 0 Å². The molecule has 31 heavy (non-hydrogen) atoms. The Labute approximate surface area is 179 Å². The number of nitrogens with zero attached hydrogens (tertiary/aromatic N) is 4. The SMILES string of the molecule is Cc1c(C(=O)NCC2(c3ccc(F)cc3)CCC2)nnn1-c1cccc2cccnc12. The number of carbonyl (C=O) groups is 1. The highest BCUT2D eigenvalue weighted by Gasteiger charge is 2.39. The first-order valence-electron chi connectivity index (χ1n) is 10.4. The number of hydrogen-bond donors (Lipinski definition) is 1. The van der Waals surface area contributed by atoms with Crippen molar-refractivity contribution in [1.29, 1.82) is 0 Å². The standard InChI is InChI=1S/C24H22FN5O/c1-16-21(28-29-30(16)20-7-2-5-17-6-3-14-26-22(17)20)23(31)27-15-24(12-4-13-24)18-8-10-19(25)11-9-18/h2-3,5-11,14H,4,12-13,15H2,1H3,(H,27,31). The maximum atomic E-state index is 13.3. The Balaban J connectivity index is 1.38. The number of para-hydroxylation sites is 1. The molecule has 1 fully saturated rings. The predicted octanol–water partition coefficient (Wildman–Crippen LogP) is 4.11. The molecule has 7 heteroatoms. The summed E-state index contributed by atoms with van der Waals surface area (Å²) >= 11 is 0. The summed E-state index contributed by atoms with van der Waals surface area (Å²) in [5.41, 5.74) is 3.44. The third kappa shape index (κ3) is 3.36. The maximum Gasteiger partial charge on any atom is 0.273 e. The molecule has 0 saturated heterocycles. The van der Waals surface area contributed by atoms with Gasteiger partial charge in [-0.25, -0.2) is 9.07 Å². The van der Waals surface area contributed by atoms with E-state index in [0.29, 0.717) is 17.9 Å². The van der Waals surface area contributed by atoms with Gasteiger partial charge in [0.1, 0.15) is 5.82 Å². The third-order valence-corrected chi connectivity index (χ3v) is 6.30. The van der Waals surface area contributed by atoms with Crippen LogP contribution in [0.15, 0.2) is 60.8 Å². The Morgan fingerprint density at radius 2 is 1.90 bits per heavy atom. The molecule has 0 unspecified atom stereocenters. The van der Waals surface area contributed by atoms with Crippen molar-refractivity contribution in [3.05, 3.63) is 83.6 Å². The third-order valence-electron chi connectivity index (χ3n) is 6.30. The molecule has 0 spiro atoms. The molecule has 2 aromatic carbocycles. The Morgan fingerprint density at radius 3 is 2.65 bits per heavy atom. The van der Waals surface area contributed by atoms with Crippen molar-refractivity contribution in [2.24, 2.45) is 0 Å². The molecule has 4 aromatic rings. The fourth-order valence-corrected chi connectivity index (χ4v) is 4.33. The van der Waals surface area contributed by atoms with Gasteiger partial charge in [-0.2, -0.15) is 0 Å². The van der Waals surface area contributed by atoms with Crippen molar-refractivity contribution < 1.29 is 9.18 Å². The molecule has 0 aliphatic heterocycles. The van der Waals surface area contributed by atoms with Gasteiger partial charge in [0, 0.05) is 23.5 Å². The van der Waals surface area contributed by atoms with Gasteiger partial charge in [-0.05, 0) is 49.6 Å². The van der Waals surface area contributed by atoms with Crippen LogP contribution in [0, 0.1) is 12.7 Å². The summed E-state index contributed by atoms with van der Waals surface area (Å²) < 4.78 is 15.0. The molecule has 0 radical (unpaired) electrons. The normalized spacial score (nSPS) is 14.9. The Morgan fingerprint density at radius 1 is 1.13 bits per heavy atom. The second-order valence-electron chi connectivity index (χ2n) is 8.11. The smallest absolute Gasteiger partial charge is 0.273 e. The topological polar surface area (TPSA) is 72.7 Å². The number of nitrogens with one attached hydrogen (secondary N) is 1. The average Bonchev–Trinajstić information content (AvgIpc) is 3.14. The van der Waals surface area contributed by atoms with E-state index in [9.17, 15) is 9.18 Å². The van der Waals surface area contributed by atoms with Crippen molar-refractivity contribution >= 4 is 16.8 Å². The molecule has 1 amide bonds. The van der Waals surface area contributed by atoms with Gasteiger partial charge < -0.3 is 5.32 Å². The van der Waals surface area contributed by atoms with Crippen molar-refractivity contribution in [3.63, 3.8) is 0 Å². The molecule has 5 rings (SSSR count). The van der Waals surface area contributed by atoms with Gasteiger partial charge in [0.25, 0.3) is 5.91 Å². The fourth-order valence-electron chi connectivity index (χ4n) is 4.33. The van der Waals surface area contributed by atoms with Crippen LogP contribution in [-0.2, 0) is 5.41 Å². The number of carbonyl (C=O) groups excluding carboxylic acids is 1. The van der Waals surface area contributed by atoms with Crippen LogP contribution >= 0.6 is 0 Å². The van der Waals surface area contributed by atoms with Crippen molar-refractivity contribution in [2.45, 2.75) is 31.6 Å². The molecule has 6 nitrogen and oxygen atoms in total. The van der Waals surface area contributed by atoms with E-state index in [-0.39, 0.29) is 17.1 Å². The minimum atomic E-state index is -0.259. The van der Waals surface area contributed by atoms with Crippen molar-refractivity contribution in [1.82, 2.24) is 25.3 Å². The Hall–Kier alpha value is -3.61. The van der Waals surface area contributed by atoms with E-state index in [1.54, 1.807) is 10.9 Å². The zero-order valence-electron chi connectivity index (χ0n) is 17.2. The summed E-state index contributed by atoms with van der Waals surface area (Å²) in [5, 5.41) is 12.4. The molecule has 2 aromatic heterocycles. The van der Waals surface area contributed by atoms with Gasteiger partial charge in [0.2, 0.25) is 0 Å². The van der Waals surface area contributed by atoms with Crippen LogP contribution < -0.4 is 5.32 Å². The second kappa shape index (κ2) is 7.58. The Bertz CT molecular complexity index is 1260. The van der Waals surface area contributed by atoms with E-state index in [4.69, 9.17) is 0 Å².